The van der Waals surface area contributed by atoms with Gasteiger partial charge in [0.05, 0.1) is 12.8 Å². The van der Waals surface area contributed by atoms with Gasteiger partial charge in [-0.25, -0.2) is 15.0 Å². The fraction of sp³-hybridized carbons (Fsp3) is 0.150. The molecule has 0 aliphatic rings. The summed E-state index contributed by atoms with van der Waals surface area (Å²) in [7, 11) is 1.63. The molecule has 11 heteroatoms. The molecule has 0 aliphatic heterocycles. The Kier molecular flexibility index (Phi) is 6.54. The summed E-state index contributed by atoms with van der Waals surface area (Å²) in [4.78, 5) is 29.0. The fourth-order valence-corrected chi connectivity index (χ4v) is 4.90. The van der Waals surface area contributed by atoms with Crippen LogP contribution in [0.4, 0.5) is 5.13 Å². The van der Waals surface area contributed by atoms with E-state index < -0.39 is 0 Å². The van der Waals surface area contributed by atoms with Gasteiger partial charge in [0.1, 0.15) is 22.8 Å². The number of aromatic nitrogens is 5. The summed E-state index contributed by atoms with van der Waals surface area (Å²) in [5.74, 6) is 0.457. The summed E-state index contributed by atoms with van der Waals surface area (Å²) in [5, 5.41) is 11.3. The highest BCUT2D eigenvalue weighted by atomic mass is 32.2. The predicted molar refractivity (Wildman–Crippen MR) is 121 cm³/mol. The Bertz CT molecular complexity index is 1170. The van der Waals surface area contributed by atoms with Crippen LogP contribution < -0.4 is 10.1 Å². The molecule has 1 aromatic carbocycles. The number of rotatable bonds is 7. The maximum absolute atomic E-state index is 13.1. The molecule has 158 valence electrons. The molecule has 4 aromatic rings. The van der Waals surface area contributed by atoms with E-state index in [1.807, 2.05) is 50.2 Å². The molecule has 0 unspecified atom stereocenters. The van der Waals surface area contributed by atoms with Crippen LogP contribution in [0.25, 0.3) is 0 Å². The van der Waals surface area contributed by atoms with Crippen LogP contribution in [0.15, 0.2) is 62.7 Å². The number of aromatic amines is 1. The molecule has 31 heavy (non-hydrogen) atoms. The van der Waals surface area contributed by atoms with Gasteiger partial charge in [-0.1, -0.05) is 11.8 Å². The molecule has 0 saturated carbocycles. The standard InChI is InChI=1S/C20H18N6O2S3/c1-11-12(2)29-20(23-11)25-18(27)17-15(30-14-6-4-13(28-3)5-7-14)8-9-16(24-17)31-19-21-10-22-26-19/h4-10H,1-3H3,(H,21,22,26)(H,23,25,27). The smallest absolute Gasteiger partial charge is 0.277 e. The zero-order chi connectivity index (χ0) is 21.8. The summed E-state index contributed by atoms with van der Waals surface area (Å²) >= 11 is 4.20. The third kappa shape index (κ3) is 5.24. The number of H-pyrrole nitrogens is 1. The van der Waals surface area contributed by atoms with Crippen LogP contribution in [0.3, 0.4) is 0 Å². The van der Waals surface area contributed by atoms with Gasteiger partial charge >= 0.3 is 0 Å². The number of pyridine rings is 1. The maximum atomic E-state index is 13.1. The van der Waals surface area contributed by atoms with Crippen molar-refractivity contribution >= 4 is 45.9 Å². The van der Waals surface area contributed by atoms with E-state index in [0.717, 1.165) is 26.1 Å². The van der Waals surface area contributed by atoms with E-state index in [4.69, 9.17) is 4.74 Å². The number of thiazole rings is 1. The average molecular weight is 471 g/mol. The Morgan fingerprint density at radius 3 is 2.55 bits per heavy atom. The quantitative estimate of drug-likeness (QED) is 0.395. The number of hydrogen-bond acceptors (Lipinski definition) is 9. The van der Waals surface area contributed by atoms with Crippen LogP contribution in [0.5, 0.6) is 5.75 Å². The zero-order valence-corrected chi connectivity index (χ0v) is 19.3. The van der Waals surface area contributed by atoms with Crippen LogP contribution in [0.1, 0.15) is 21.1 Å². The summed E-state index contributed by atoms with van der Waals surface area (Å²) < 4.78 is 5.22. The van der Waals surface area contributed by atoms with Crippen molar-refractivity contribution in [2.75, 3.05) is 12.4 Å². The fourth-order valence-electron chi connectivity index (χ4n) is 2.53. The lowest BCUT2D eigenvalue weighted by molar-refractivity contribution is 0.101. The number of nitrogens with one attached hydrogen (secondary N) is 2. The van der Waals surface area contributed by atoms with Crippen molar-refractivity contribution < 1.29 is 9.53 Å². The van der Waals surface area contributed by atoms with Crippen LogP contribution in [-0.2, 0) is 0 Å². The highest BCUT2D eigenvalue weighted by Crippen LogP contribution is 2.34. The molecule has 0 saturated heterocycles. The second-order valence-corrected chi connectivity index (χ2v) is 9.61. The van der Waals surface area contributed by atoms with Crippen molar-refractivity contribution in [2.24, 2.45) is 0 Å². The molecule has 0 bridgehead atoms. The van der Waals surface area contributed by atoms with E-state index in [0.29, 0.717) is 21.0 Å². The number of carbonyl (C=O) groups excluding carboxylic acids is 1. The average Bonchev–Trinajstić information content (AvgIpc) is 3.39. The molecule has 4 rings (SSSR count). The lowest BCUT2D eigenvalue weighted by Gasteiger charge is -2.10. The summed E-state index contributed by atoms with van der Waals surface area (Å²) in [5.41, 5.74) is 1.21. The lowest BCUT2D eigenvalue weighted by Crippen LogP contribution is -2.15. The minimum Gasteiger partial charge on any atom is -0.497 e. The second-order valence-electron chi connectivity index (χ2n) is 6.28. The molecule has 0 spiro atoms. The molecule has 8 nitrogen and oxygen atoms in total. The number of anilines is 1. The topological polar surface area (TPSA) is 106 Å². The molecule has 3 aromatic heterocycles. The van der Waals surface area contributed by atoms with Crippen LogP contribution in [0, 0.1) is 13.8 Å². The van der Waals surface area contributed by atoms with Gasteiger partial charge in [-0.15, -0.1) is 11.3 Å². The van der Waals surface area contributed by atoms with E-state index in [1.165, 1.54) is 41.2 Å². The molecule has 0 fully saturated rings. The molecule has 0 atom stereocenters. The molecule has 2 N–H and O–H groups in total. The van der Waals surface area contributed by atoms with Gasteiger partial charge in [-0.2, -0.15) is 5.10 Å². The first-order chi connectivity index (χ1) is 15.0. The van der Waals surface area contributed by atoms with Crippen molar-refractivity contribution in [1.29, 1.82) is 0 Å². The summed E-state index contributed by atoms with van der Waals surface area (Å²) in [6.45, 7) is 3.89. The van der Waals surface area contributed by atoms with Crippen LogP contribution in [-0.4, -0.2) is 38.2 Å². The normalized spacial score (nSPS) is 10.8. The Morgan fingerprint density at radius 1 is 1.10 bits per heavy atom. The third-order valence-electron chi connectivity index (χ3n) is 4.18. The Balaban J connectivity index is 1.64. The number of ether oxygens (including phenoxy) is 1. The van der Waals surface area contributed by atoms with Crippen molar-refractivity contribution in [2.45, 2.75) is 33.8 Å². The van der Waals surface area contributed by atoms with Crippen molar-refractivity contribution in [1.82, 2.24) is 25.1 Å². The van der Waals surface area contributed by atoms with E-state index in [-0.39, 0.29) is 5.91 Å². The van der Waals surface area contributed by atoms with E-state index in [2.05, 4.69) is 30.5 Å². The number of benzene rings is 1. The first kappa shape index (κ1) is 21.3. The number of amides is 1. The molecular weight excluding hydrogens is 452 g/mol. The molecule has 1 amide bonds. The van der Waals surface area contributed by atoms with E-state index in [9.17, 15) is 4.79 Å². The Labute approximate surface area is 191 Å². The van der Waals surface area contributed by atoms with Crippen molar-refractivity contribution in [3.8, 4) is 5.75 Å². The number of hydrogen-bond donors (Lipinski definition) is 2. The monoisotopic (exact) mass is 470 g/mol. The van der Waals surface area contributed by atoms with E-state index >= 15 is 0 Å². The van der Waals surface area contributed by atoms with Gasteiger partial charge in [-0.05, 0) is 62.0 Å². The predicted octanol–water partition coefficient (Wildman–Crippen LogP) is 4.84. The van der Waals surface area contributed by atoms with Crippen LogP contribution >= 0.6 is 34.9 Å². The van der Waals surface area contributed by atoms with E-state index in [1.54, 1.807) is 7.11 Å². The second kappa shape index (κ2) is 9.50. The maximum Gasteiger partial charge on any atom is 0.277 e. The molecule has 3 heterocycles. The third-order valence-corrected chi connectivity index (χ3v) is 7.05. The lowest BCUT2D eigenvalue weighted by atomic mass is 10.3. The minimum absolute atomic E-state index is 0.315. The molecule has 0 radical (unpaired) electrons. The first-order valence-electron chi connectivity index (χ1n) is 9.13. The number of carbonyl (C=O) groups is 1. The van der Waals surface area contributed by atoms with Crippen LogP contribution in [0.2, 0.25) is 0 Å². The zero-order valence-electron chi connectivity index (χ0n) is 16.9. The van der Waals surface area contributed by atoms with Crippen molar-refractivity contribution in [3.05, 3.63) is 59.0 Å². The van der Waals surface area contributed by atoms with Gasteiger partial charge < -0.3 is 4.74 Å². The first-order valence-corrected chi connectivity index (χ1v) is 11.6. The summed E-state index contributed by atoms with van der Waals surface area (Å²) in [6.07, 6.45) is 1.43. The van der Waals surface area contributed by atoms with Crippen molar-refractivity contribution in [3.63, 3.8) is 0 Å². The number of aryl methyl sites for hydroxylation is 2. The van der Waals surface area contributed by atoms with Gasteiger partial charge in [0, 0.05) is 14.7 Å². The molecular formula is C20H18N6O2S3. The number of nitrogens with zero attached hydrogens (tertiary/aromatic N) is 4. The summed E-state index contributed by atoms with van der Waals surface area (Å²) in [6, 6.07) is 11.4. The molecule has 0 aliphatic carbocycles. The van der Waals surface area contributed by atoms with Gasteiger partial charge in [0.15, 0.2) is 10.3 Å². The Hall–Kier alpha value is -2.89. The van der Waals surface area contributed by atoms with Gasteiger partial charge in [0.25, 0.3) is 5.91 Å². The highest BCUT2D eigenvalue weighted by Gasteiger charge is 2.18. The number of methoxy groups -OCH3 is 1. The SMILES string of the molecule is COc1ccc(Sc2ccc(Sc3ncn[nH]3)nc2C(=O)Nc2nc(C)c(C)s2)cc1. The highest BCUT2D eigenvalue weighted by molar-refractivity contribution is 7.99. The largest absolute Gasteiger partial charge is 0.497 e. The Morgan fingerprint density at radius 2 is 1.90 bits per heavy atom. The van der Waals surface area contributed by atoms with Gasteiger partial charge in [0.2, 0.25) is 0 Å². The van der Waals surface area contributed by atoms with Gasteiger partial charge in [-0.3, -0.25) is 15.2 Å². The minimum atomic E-state index is -0.315.